The topological polar surface area (TPSA) is 92.3 Å². The summed E-state index contributed by atoms with van der Waals surface area (Å²) in [6, 6.07) is 9.26. The Hall–Kier alpha value is -2.48. The van der Waals surface area contributed by atoms with Crippen molar-refractivity contribution in [3.8, 4) is 0 Å². The zero-order chi connectivity index (χ0) is 17.4. The summed E-state index contributed by atoms with van der Waals surface area (Å²) in [6.07, 6.45) is 2.92. The van der Waals surface area contributed by atoms with Crippen molar-refractivity contribution < 1.29 is 13.2 Å². The fraction of sp³-hybridized carbons (Fsp3) is 0.353. The van der Waals surface area contributed by atoms with E-state index in [1.165, 1.54) is 5.56 Å². The van der Waals surface area contributed by atoms with Gasteiger partial charge in [0.15, 0.2) is 9.84 Å². The van der Waals surface area contributed by atoms with Crippen LogP contribution in [0.25, 0.3) is 0 Å². The molecule has 0 aliphatic carbocycles. The van der Waals surface area contributed by atoms with Gasteiger partial charge in [-0.1, -0.05) is 18.2 Å². The molecular weight excluding hydrogens is 340 g/mol. The summed E-state index contributed by atoms with van der Waals surface area (Å²) in [7, 11) is -3.03. The first-order valence-electron chi connectivity index (χ1n) is 8.22. The number of carbonyl (C=O) groups is 1. The van der Waals surface area contributed by atoms with E-state index in [0.717, 1.165) is 18.7 Å². The highest BCUT2D eigenvalue weighted by molar-refractivity contribution is 7.91. The van der Waals surface area contributed by atoms with Gasteiger partial charge in [0.1, 0.15) is 5.69 Å². The molecule has 1 aromatic heterocycles. The van der Waals surface area contributed by atoms with Gasteiger partial charge >= 0.3 is 0 Å². The van der Waals surface area contributed by atoms with Crippen LogP contribution in [0.2, 0.25) is 0 Å². The minimum Gasteiger partial charge on any atom is -0.347 e. The van der Waals surface area contributed by atoms with Gasteiger partial charge in [0.2, 0.25) is 5.95 Å². The zero-order valence-corrected chi connectivity index (χ0v) is 14.4. The lowest BCUT2D eigenvalue weighted by Gasteiger charge is -2.17. The number of aromatic nitrogens is 2. The molecule has 1 saturated heterocycles. The Morgan fingerprint density at radius 1 is 1.24 bits per heavy atom. The highest BCUT2D eigenvalue weighted by Crippen LogP contribution is 2.32. The maximum Gasteiger partial charge on any atom is 0.270 e. The summed E-state index contributed by atoms with van der Waals surface area (Å²) in [6.45, 7) is 0.769. The van der Waals surface area contributed by atoms with Gasteiger partial charge in [0.25, 0.3) is 5.91 Å². The van der Waals surface area contributed by atoms with Crippen LogP contribution in [0.5, 0.6) is 0 Å². The fourth-order valence-corrected chi connectivity index (χ4v) is 4.99. The predicted octanol–water partition coefficient (Wildman–Crippen LogP) is 1.09. The number of nitrogens with zero attached hydrogens (tertiary/aromatic N) is 3. The Morgan fingerprint density at radius 2 is 2.08 bits per heavy atom. The summed E-state index contributed by atoms with van der Waals surface area (Å²) in [4.78, 5) is 23.1. The molecule has 2 aliphatic rings. The van der Waals surface area contributed by atoms with Crippen molar-refractivity contribution in [1.29, 1.82) is 0 Å². The van der Waals surface area contributed by atoms with Gasteiger partial charge in [-0.3, -0.25) is 4.79 Å². The second kappa shape index (κ2) is 6.11. The van der Waals surface area contributed by atoms with Crippen LogP contribution >= 0.6 is 0 Å². The molecule has 1 amide bonds. The smallest absolute Gasteiger partial charge is 0.270 e. The van der Waals surface area contributed by atoms with Crippen molar-refractivity contribution in [3.05, 3.63) is 47.8 Å². The van der Waals surface area contributed by atoms with Crippen molar-refractivity contribution in [2.75, 3.05) is 23.0 Å². The third-order valence-corrected chi connectivity index (χ3v) is 6.34. The quantitative estimate of drug-likeness (QED) is 0.883. The number of fused-ring (bicyclic) bond motifs is 1. The average Bonchev–Trinajstić information content (AvgIpc) is 3.18. The van der Waals surface area contributed by atoms with E-state index in [4.69, 9.17) is 0 Å². The highest BCUT2D eigenvalue weighted by atomic mass is 32.2. The number of benzene rings is 1. The van der Waals surface area contributed by atoms with E-state index >= 15 is 0 Å². The molecule has 2 aromatic rings. The van der Waals surface area contributed by atoms with Gasteiger partial charge in [0.05, 0.1) is 11.5 Å². The molecule has 0 radical (unpaired) electrons. The molecule has 2 aliphatic heterocycles. The summed E-state index contributed by atoms with van der Waals surface area (Å²) >= 11 is 0. The third kappa shape index (κ3) is 3.21. The Balaban J connectivity index is 1.53. The number of amides is 1. The van der Waals surface area contributed by atoms with Crippen molar-refractivity contribution in [1.82, 2.24) is 15.3 Å². The summed E-state index contributed by atoms with van der Waals surface area (Å²) < 4.78 is 23.0. The molecule has 3 heterocycles. The molecule has 0 bridgehead atoms. The largest absolute Gasteiger partial charge is 0.347 e. The molecule has 4 rings (SSSR count). The van der Waals surface area contributed by atoms with Crippen LogP contribution in [-0.4, -0.2) is 48.4 Å². The Kier molecular flexibility index (Phi) is 3.91. The van der Waals surface area contributed by atoms with Gasteiger partial charge in [-0.2, -0.15) is 0 Å². The molecule has 1 unspecified atom stereocenters. The molecule has 1 aromatic carbocycles. The number of hydrogen-bond acceptors (Lipinski definition) is 6. The first-order valence-corrected chi connectivity index (χ1v) is 10.0. The second-order valence-corrected chi connectivity index (χ2v) is 8.57. The SMILES string of the molecule is O=C(NC1CCS(=O)(=O)C1)c1ccnc(N2CCc3ccccc32)n1. The van der Waals surface area contributed by atoms with Crippen LogP contribution in [0.3, 0.4) is 0 Å². The van der Waals surface area contributed by atoms with Crippen LogP contribution < -0.4 is 10.2 Å². The molecule has 1 atom stereocenters. The average molecular weight is 358 g/mol. The monoisotopic (exact) mass is 358 g/mol. The highest BCUT2D eigenvalue weighted by Gasteiger charge is 2.30. The van der Waals surface area contributed by atoms with Crippen LogP contribution in [0.4, 0.5) is 11.6 Å². The number of carbonyl (C=O) groups excluding carboxylic acids is 1. The standard InChI is InChI=1S/C17H18N4O3S/c22-16(19-13-7-10-25(23,24)11-13)14-5-8-18-17(20-14)21-9-6-12-3-1-2-4-15(12)21/h1-5,8,13H,6-7,9-11H2,(H,19,22). The van der Waals surface area contributed by atoms with E-state index in [2.05, 4.69) is 21.4 Å². The van der Waals surface area contributed by atoms with Crippen molar-refractivity contribution >= 4 is 27.4 Å². The van der Waals surface area contributed by atoms with Gasteiger partial charge in [-0.05, 0) is 30.5 Å². The lowest BCUT2D eigenvalue weighted by molar-refractivity contribution is 0.0936. The third-order valence-electron chi connectivity index (χ3n) is 4.57. The second-order valence-electron chi connectivity index (χ2n) is 6.35. The predicted molar refractivity (Wildman–Crippen MR) is 93.7 cm³/mol. The van der Waals surface area contributed by atoms with Crippen molar-refractivity contribution in [2.24, 2.45) is 0 Å². The van der Waals surface area contributed by atoms with Gasteiger partial charge in [-0.25, -0.2) is 18.4 Å². The summed E-state index contributed by atoms with van der Waals surface area (Å²) in [5.41, 5.74) is 2.54. The number of nitrogens with one attached hydrogen (secondary N) is 1. The molecule has 8 heteroatoms. The van der Waals surface area contributed by atoms with E-state index in [1.54, 1.807) is 12.3 Å². The molecule has 7 nitrogen and oxygen atoms in total. The van der Waals surface area contributed by atoms with Crippen LogP contribution in [0.15, 0.2) is 36.5 Å². The lowest BCUT2D eigenvalue weighted by Crippen LogP contribution is -2.36. The van der Waals surface area contributed by atoms with Gasteiger partial charge in [-0.15, -0.1) is 0 Å². The molecule has 1 fully saturated rings. The maximum atomic E-state index is 12.4. The van der Waals surface area contributed by atoms with E-state index in [9.17, 15) is 13.2 Å². The first-order chi connectivity index (χ1) is 12.0. The molecule has 1 N–H and O–H groups in total. The normalized spacial score (nSPS) is 21.1. The molecular formula is C17H18N4O3S. The van der Waals surface area contributed by atoms with Crippen LogP contribution in [0.1, 0.15) is 22.5 Å². The first kappa shape index (κ1) is 16.0. The van der Waals surface area contributed by atoms with E-state index in [0.29, 0.717) is 12.4 Å². The Morgan fingerprint density at radius 3 is 2.88 bits per heavy atom. The Labute approximate surface area is 146 Å². The summed E-state index contributed by atoms with van der Waals surface area (Å²) in [5, 5.41) is 2.76. The van der Waals surface area contributed by atoms with Crippen LogP contribution in [0, 0.1) is 0 Å². The number of rotatable bonds is 3. The van der Waals surface area contributed by atoms with E-state index in [-0.39, 0.29) is 29.1 Å². The van der Waals surface area contributed by atoms with Crippen LogP contribution in [-0.2, 0) is 16.3 Å². The molecule has 130 valence electrons. The molecule has 0 saturated carbocycles. The summed E-state index contributed by atoms with van der Waals surface area (Å²) in [5.74, 6) is 0.239. The minimum atomic E-state index is -3.03. The fourth-order valence-electron chi connectivity index (χ4n) is 3.32. The van der Waals surface area contributed by atoms with E-state index in [1.807, 2.05) is 23.1 Å². The van der Waals surface area contributed by atoms with Crippen molar-refractivity contribution in [2.45, 2.75) is 18.9 Å². The van der Waals surface area contributed by atoms with Gasteiger partial charge in [0, 0.05) is 24.5 Å². The lowest BCUT2D eigenvalue weighted by atomic mass is 10.2. The van der Waals surface area contributed by atoms with Crippen molar-refractivity contribution in [3.63, 3.8) is 0 Å². The number of anilines is 2. The number of sulfone groups is 1. The number of para-hydroxylation sites is 1. The van der Waals surface area contributed by atoms with Gasteiger partial charge < -0.3 is 10.2 Å². The molecule has 0 spiro atoms. The zero-order valence-electron chi connectivity index (χ0n) is 13.6. The Bertz CT molecular complexity index is 929. The maximum absolute atomic E-state index is 12.4. The minimum absolute atomic E-state index is 0.00379. The van der Waals surface area contributed by atoms with E-state index < -0.39 is 9.84 Å². The number of hydrogen-bond donors (Lipinski definition) is 1. The molecule has 25 heavy (non-hydrogen) atoms.